The molecule has 0 aliphatic heterocycles. The molecule has 2 N–H and O–H groups in total. The lowest BCUT2D eigenvalue weighted by atomic mass is 10.1. The fourth-order valence-corrected chi connectivity index (χ4v) is 2.38. The molecule has 0 aliphatic rings. The summed E-state index contributed by atoms with van der Waals surface area (Å²) >= 11 is 0. The summed E-state index contributed by atoms with van der Waals surface area (Å²) in [6, 6.07) is 12.8. The van der Waals surface area contributed by atoms with Gasteiger partial charge in [-0.15, -0.1) is 0 Å². The third kappa shape index (κ3) is 3.70. The third-order valence-electron chi connectivity index (χ3n) is 4.57. The number of fused-ring (bicyclic) bond motifs is 1. The summed E-state index contributed by atoms with van der Waals surface area (Å²) < 4.78 is 6.13. The van der Waals surface area contributed by atoms with E-state index in [-0.39, 0.29) is 11.3 Å². The van der Waals surface area contributed by atoms with Crippen LogP contribution in [0, 0.1) is 0 Å². The molecule has 3 aromatic rings. The maximum absolute atomic E-state index is 10.0. The Kier molecular flexibility index (Phi) is 4.95. The number of hydrogen-bond acceptors (Lipinski definition) is 6. The van der Waals surface area contributed by atoms with E-state index in [9.17, 15) is 5.11 Å². The van der Waals surface area contributed by atoms with Gasteiger partial charge in [0.05, 0.1) is 16.6 Å². The summed E-state index contributed by atoms with van der Waals surface area (Å²) in [6.07, 6.45) is 1.50. The lowest BCUT2D eigenvalue weighted by Gasteiger charge is -2.32. The van der Waals surface area contributed by atoms with Gasteiger partial charge >= 0.3 is 0 Å². The molecule has 3 rings (SSSR count). The predicted molar refractivity (Wildman–Crippen MR) is 104 cm³/mol. The van der Waals surface area contributed by atoms with E-state index in [1.807, 2.05) is 38.4 Å². The smallest absolute Gasteiger partial charge is 0.145 e. The van der Waals surface area contributed by atoms with Crippen LogP contribution in [0.15, 0.2) is 48.8 Å². The van der Waals surface area contributed by atoms with Gasteiger partial charge in [0.15, 0.2) is 0 Å². The first-order chi connectivity index (χ1) is 12.4. The molecule has 0 saturated heterocycles. The first-order valence-electron chi connectivity index (χ1n) is 8.47. The van der Waals surface area contributed by atoms with E-state index in [1.165, 1.54) is 6.33 Å². The van der Waals surface area contributed by atoms with Gasteiger partial charge in [-0.2, -0.15) is 0 Å². The van der Waals surface area contributed by atoms with E-state index in [4.69, 9.17) is 4.74 Å². The van der Waals surface area contributed by atoms with E-state index < -0.39 is 0 Å². The van der Waals surface area contributed by atoms with Gasteiger partial charge in [-0.3, -0.25) is 0 Å². The minimum Gasteiger partial charge on any atom is -0.506 e. The SMILES string of the molecule is CN(C)C(C)(C)COc1cccc2ncnc(Nc3ccccc3O)c12. The van der Waals surface area contributed by atoms with Crippen LogP contribution in [0.1, 0.15) is 13.8 Å². The van der Waals surface area contributed by atoms with Crippen molar-refractivity contribution in [1.82, 2.24) is 14.9 Å². The largest absolute Gasteiger partial charge is 0.506 e. The second kappa shape index (κ2) is 7.17. The predicted octanol–water partition coefficient (Wildman–Crippen LogP) is 3.80. The highest BCUT2D eigenvalue weighted by molar-refractivity contribution is 5.96. The quantitative estimate of drug-likeness (QED) is 0.658. The van der Waals surface area contributed by atoms with Crippen LogP contribution in [0.5, 0.6) is 11.5 Å². The molecule has 0 spiro atoms. The molecule has 1 aromatic heterocycles. The van der Waals surface area contributed by atoms with Crippen LogP contribution in [-0.2, 0) is 0 Å². The van der Waals surface area contributed by atoms with Crippen molar-refractivity contribution in [3.8, 4) is 11.5 Å². The number of anilines is 2. The molecule has 0 unspecified atom stereocenters. The standard InChI is InChI=1S/C20H24N4O2/c1-20(2,24(3)4)12-26-17-11-7-9-15-18(17)19(22-13-21-15)23-14-8-5-6-10-16(14)25/h5-11,13,25H,12H2,1-4H3,(H,21,22,23). The van der Waals surface area contributed by atoms with Crippen molar-refractivity contribution >= 4 is 22.4 Å². The zero-order chi connectivity index (χ0) is 18.7. The Morgan fingerprint density at radius 3 is 2.58 bits per heavy atom. The van der Waals surface area contributed by atoms with Gasteiger partial charge in [-0.25, -0.2) is 9.97 Å². The fraction of sp³-hybridized carbons (Fsp3) is 0.300. The van der Waals surface area contributed by atoms with Crippen molar-refractivity contribution < 1.29 is 9.84 Å². The summed E-state index contributed by atoms with van der Waals surface area (Å²) in [7, 11) is 4.06. The van der Waals surface area contributed by atoms with Crippen molar-refractivity contribution in [2.45, 2.75) is 19.4 Å². The van der Waals surface area contributed by atoms with Crippen LogP contribution >= 0.6 is 0 Å². The lowest BCUT2D eigenvalue weighted by molar-refractivity contribution is 0.115. The van der Waals surface area contributed by atoms with Crippen molar-refractivity contribution in [2.75, 3.05) is 26.0 Å². The number of hydrogen-bond donors (Lipinski definition) is 2. The van der Waals surface area contributed by atoms with Crippen molar-refractivity contribution in [2.24, 2.45) is 0 Å². The number of aromatic nitrogens is 2. The number of ether oxygens (including phenoxy) is 1. The molecule has 0 bridgehead atoms. The van der Waals surface area contributed by atoms with Gasteiger partial charge in [0.1, 0.15) is 30.3 Å². The fourth-order valence-electron chi connectivity index (χ4n) is 2.38. The van der Waals surface area contributed by atoms with Crippen LogP contribution < -0.4 is 10.1 Å². The number of likely N-dealkylation sites (N-methyl/N-ethyl adjacent to an activating group) is 1. The highest BCUT2D eigenvalue weighted by Gasteiger charge is 2.22. The van der Waals surface area contributed by atoms with Crippen molar-refractivity contribution in [3.05, 3.63) is 48.8 Å². The van der Waals surface area contributed by atoms with Gasteiger partial charge in [0.2, 0.25) is 0 Å². The topological polar surface area (TPSA) is 70.5 Å². The lowest BCUT2D eigenvalue weighted by Crippen LogP contribution is -2.43. The number of nitrogens with zero attached hydrogens (tertiary/aromatic N) is 3. The molecule has 0 amide bonds. The number of para-hydroxylation sites is 2. The average molecular weight is 352 g/mol. The number of nitrogens with one attached hydrogen (secondary N) is 1. The van der Waals surface area contributed by atoms with Gasteiger partial charge in [0.25, 0.3) is 0 Å². The van der Waals surface area contributed by atoms with Crippen LogP contribution in [-0.4, -0.2) is 46.2 Å². The number of phenols is 1. The maximum atomic E-state index is 10.0. The number of phenolic OH excluding ortho intramolecular Hbond substituents is 1. The van der Waals surface area contributed by atoms with E-state index in [1.54, 1.807) is 18.2 Å². The van der Waals surface area contributed by atoms with E-state index in [2.05, 4.69) is 34.0 Å². The van der Waals surface area contributed by atoms with Crippen molar-refractivity contribution in [3.63, 3.8) is 0 Å². The molecule has 0 saturated carbocycles. The molecule has 0 radical (unpaired) electrons. The number of rotatable bonds is 6. The molecule has 0 atom stereocenters. The summed E-state index contributed by atoms with van der Waals surface area (Å²) in [6.45, 7) is 4.76. The summed E-state index contributed by atoms with van der Waals surface area (Å²) in [5.41, 5.74) is 1.23. The first-order valence-corrected chi connectivity index (χ1v) is 8.47. The molecular weight excluding hydrogens is 328 g/mol. The van der Waals surface area contributed by atoms with Gasteiger partial charge in [-0.1, -0.05) is 18.2 Å². The average Bonchev–Trinajstić information content (AvgIpc) is 2.62. The van der Waals surface area contributed by atoms with Gasteiger partial charge in [0, 0.05) is 5.54 Å². The molecular formula is C20H24N4O2. The second-order valence-electron chi connectivity index (χ2n) is 7.01. The van der Waals surface area contributed by atoms with E-state index in [0.29, 0.717) is 23.9 Å². The highest BCUT2D eigenvalue weighted by atomic mass is 16.5. The van der Waals surface area contributed by atoms with Crippen LogP contribution in [0.4, 0.5) is 11.5 Å². The molecule has 2 aromatic carbocycles. The van der Waals surface area contributed by atoms with Crippen LogP contribution in [0.3, 0.4) is 0 Å². The zero-order valence-electron chi connectivity index (χ0n) is 15.5. The normalized spacial score (nSPS) is 11.7. The Morgan fingerprint density at radius 2 is 1.85 bits per heavy atom. The zero-order valence-corrected chi connectivity index (χ0v) is 15.5. The van der Waals surface area contributed by atoms with Crippen LogP contribution in [0.25, 0.3) is 10.9 Å². The van der Waals surface area contributed by atoms with Gasteiger partial charge in [-0.05, 0) is 52.2 Å². The Balaban J connectivity index is 1.99. The number of benzene rings is 2. The minimum atomic E-state index is -0.122. The maximum Gasteiger partial charge on any atom is 0.145 e. The Labute approximate surface area is 153 Å². The first kappa shape index (κ1) is 17.9. The van der Waals surface area contributed by atoms with Crippen LogP contribution in [0.2, 0.25) is 0 Å². The third-order valence-corrected chi connectivity index (χ3v) is 4.57. The molecule has 0 aliphatic carbocycles. The molecule has 6 heteroatoms. The highest BCUT2D eigenvalue weighted by Crippen LogP contribution is 2.34. The van der Waals surface area contributed by atoms with E-state index >= 15 is 0 Å². The number of aromatic hydroxyl groups is 1. The summed E-state index contributed by atoms with van der Waals surface area (Å²) in [4.78, 5) is 10.8. The van der Waals surface area contributed by atoms with Gasteiger partial charge < -0.3 is 20.1 Å². The minimum absolute atomic E-state index is 0.122. The van der Waals surface area contributed by atoms with Crippen molar-refractivity contribution in [1.29, 1.82) is 0 Å². The molecule has 26 heavy (non-hydrogen) atoms. The molecule has 1 heterocycles. The Bertz CT molecular complexity index is 904. The Morgan fingerprint density at radius 1 is 1.08 bits per heavy atom. The molecule has 136 valence electrons. The second-order valence-corrected chi connectivity index (χ2v) is 7.01. The monoisotopic (exact) mass is 352 g/mol. The molecule has 0 fully saturated rings. The molecule has 6 nitrogen and oxygen atoms in total. The van der Waals surface area contributed by atoms with E-state index in [0.717, 1.165) is 10.9 Å². The summed E-state index contributed by atoms with van der Waals surface area (Å²) in [5, 5.41) is 14.0. The Hall–Kier alpha value is -2.86. The summed E-state index contributed by atoms with van der Waals surface area (Å²) in [5.74, 6) is 1.46.